The summed E-state index contributed by atoms with van der Waals surface area (Å²) in [4.78, 5) is 11.0. The van der Waals surface area contributed by atoms with E-state index in [0.717, 1.165) is 12.8 Å². The predicted octanol–water partition coefficient (Wildman–Crippen LogP) is 2.16. The van der Waals surface area contributed by atoms with Gasteiger partial charge in [0.1, 0.15) is 5.60 Å². The Bertz CT molecular complexity index is 187. The highest BCUT2D eigenvalue weighted by molar-refractivity contribution is 5.66. The Hall–Kier alpha value is -0.610. The Morgan fingerprint density at radius 3 is 2.06 bits per heavy atom. The van der Waals surface area contributed by atoms with Gasteiger partial charge >= 0.3 is 5.97 Å². The Morgan fingerprint density at radius 1 is 1.06 bits per heavy atom. The summed E-state index contributed by atoms with van der Waals surface area (Å²) in [6.45, 7) is 9.63. The monoisotopic (exact) mass is 232 g/mol. The summed E-state index contributed by atoms with van der Waals surface area (Å²) in [7, 11) is 0. The molecule has 0 aliphatic carbocycles. The summed E-state index contributed by atoms with van der Waals surface area (Å²) in [6, 6.07) is 0. The van der Waals surface area contributed by atoms with E-state index in [1.165, 1.54) is 6.92 Å². The Labute approximate surface area is 98.3 Å². The van der Waals surface area contributed by atoms with Gasteiger partial charge < -0.3 is 14.2 Å². The molecule has 0 atom stereocenters. The van der Waals surface area contributed by atoms with Crippen molar-refractivity contribution >= 4 is 5.97 Å². The molecule has 0 aliphatic rings. The molecule has 0 saturated heterocycles. The number of ether oxygens (including phenoxy) is 3. The highest BCUT2D eigenvalue weighted by atomic mass is 16.6. The molecule has 0 aliphatic heterocycles. The fraction of sp³-hybridized carbons (Fsp3) is 0.917. The van der Waals surface area contributed by atoms with Gasteiger partial charge in [-0.1, -0.05) is 13.8 Å². The summed E-state index contributed by atoms with van der Waals surface area (Å²) in [5, 5.41) is 0. The molecule has 96 valence electrons. The lowest BCUT2D eigenvalue weighted by Crippen LogP contribution is -2.38. The van der Waals surface area contributed by atoms with Crippen LogP contribution >= 0.6 is 0 Å². The average molecular weight is 232 g/mol. The molecule has 0 aromatic heterocycles. The van der Waals surface area contributed by atoms with Crippen molar-refractivity contribution in [2.24, 2.45) is 0 Å². The number of carbonyl (C=O) groups excluding carboxylic acids is 1. The van der Waals surface area contributed by atoms with Crippen molar-refractivity contribution in [1.82, 2.24) is 0 Å². The fourth-order valence-electron chi connectivity index (χ4n) is 1.45. The van der Waals surface area contributed by atoms with E-state index < -0.39 is 5.60 Å². The normalized spacial score (nSPS) is 11.5. The van der Waals surface area contributed by atoms with E-state index in [1.54, 1.807) is 0 Å². The van der Waals surface area contributed by atoms with Gasteiger partial charge in [0, 0.05) is 13.5 Å². The van der Waals surface area contributed by atoms with E-state index in [2.05, 4.69) is 0 Å². The Balaban J connectivity index is 3.96. The minimum atomic E-state index is -0.474. The van der Waals surface area contributed by atoms with Gasteiger partial charge in [-0.3, -0.25) is 4.79 Å². The third kappa shape index (κ3) is 6.08. The lowest BCUT2D eigenvalue weighted by atomic mass is 9.98. The summed E-state index contributed by atoms with van der Waals surface area (Å²) < 4.78 is 16.0. The van der Waals surface area contributed by atoms with Crippen LogP contribution in [0.3, 0.4) is 0 Å². The molecule has 0 radical (unpaired) electrons. The summed E-state index contributed by atoms with van der Waals surface area (Å²) in [6.07, 6.45) is 1.52. The van der Waals surface area contributed by atoms with E-state index in [0.29, 0.717) is 26.4 Å². The quantitative estimate of drug-likeness (QED) is 0.451. The van der Waals surface area contributed by atoms with Crippen molar-refractivity contribution in [1.29, 1.82) is 0 Å². The lowest BCUT2D eigenvalue weighted by Gasteiger charge is -2.30. The standard InChI is InChI=1S/C12H24O4/c1-5-12(6-2,16-11(4)13)10-15-9-8-14-7-3/h5-10H2,1-4H3. The van der Waals surface area contributed by atoms with Crippen molar-refractivity contribution in [2.75, 3.05) is 26.4 Å². The van der Waals surface area contributed by atoms with Crippen LogP contribution < -0.4 is 0 Å². The SMILES string of the molecule is CCOCCOCC(CC)(CC)OC(C)=O. The second kappa shape index (κ2) is 8.53. The minimum absolute atomic E-state index is 0.253. The van der Waals surface area contributed by atoms with Gasteiger partial charge in [-0.2, -0.15) is 0 Å². The third-order valence-corrected chi connectivity index (χ3v) is 2.59. The maximum atomic E-state index is 11.0. The number of rotatable bonds is 9. The van der Waals surface area contributed by atoms with E-state index in [-0.39, 0.29) is 5.97 Å². The van der Waals surface area contributed by atoms with Gasteiger partial charge in [0.2, 0.25) is 0 Å². The van der Waals surface area contributed by atoms with Crippen LogP contribution in [0, 0.1) is 0 Å². The molecule has 4 nitrogen and oxygen atoms in total. The molecule has 16 heavy (non-hydrogen) atoms. The number of hydrogen-bond donors (Lipinski definition) is 0. The molecule has 0 heterocycles. The zero-order chi connectivity index (χ0) is 12.4. The number of hydrogen-bond acceptors (Lipinski definition) is 4. The molecule has 0 fully saturated rings. The first-order valence-corrected chi connectivity index (χ1v) is 5.95. The molecule has 4 heteroatoms. The first kappa shape index (κ1) is 15.4. The van der Waals surface area contributed by atoms with E-state index in [1.807, 2.05) is 20.8 Å². The van der Waals surface area contributed by atoms with Gasteiger partial charge in [-0.15, -0.1) is 0 Å². The molecule has 0 aromatic carbocycles. The highest BCUT2D eigenvalue weighted by Gasteiger charge is 2.29. The predicted molar refractivity (Wildman–Crippen MR) is 62.4 cm³/mol. The van der Waals surface area contributed by atoms with Crippen LogP contribution in [-0.4, -0.2) is 38.0 Å². The third-order valence-electron chi connectivity index (χ3n) is 2.59. The van der Waals surface area contributed by atoms with Gasteiger partial charge in [-0.25, -0.2) is 0 Å². The molecular formula is C12H24O4. The van der Waals surface area contributed by atoms with Crippen LogP contribution in [0.25, 0.3) is 0 Å². The molecule has 0 saturated carbocycles. The highest BCUT2D eigenvalue weighted by Crippen LogP contribution is 2.21. The molecule has 0 amide bonds. The topological polar surface area (TPSA) is 44.8 Å². The van der Waals surface area contributed by atoms with Gasteiger partial charge in [0.15, 0.2) is 0 Å². The zero-order valence-corrected chi connectivity index (χ0v) is 10.9. The molecule has 0 spiro atoms. The fourth-order valence-corrected chi connectivity index (χ4v) is 1.45. The van der Waals surface area contributed by atoms with Crippen molar-refractivity contribution < 1.29 is 19.0 Å². The molecule has 0 unspecified atom stereocenters. The second-order valence-corrected chi connectivity index (χ2v) is 3.73. The van der Waals surface area contributed by atoms with E-state index in [4.69, 9.17) is 14.2 Å². The van der Waals surface area contributed by atoms with Crippen LogP contribution in [0.2, 0.25) is 0 Å². The largest absolute Gasteiger partial charge is 0.457 e. The van der Waals surface area contributed by atoms with Crippen LogP contribution in [-0.2, 0) is 19.0 Å². The molecular weight excluding hydrogens is 208 g/mol. The smallest absolute Gasteiger partial charge is 0.303 e. The van der Waals surface area contributed by atoms with E-state index >= 15 is 0 Å². The van der Waals surface area contributed by atoms with Crippen LogP contribution in [0.5, 0.6) is 0 Å². The molecule has 0 N–H and O–H groups in total. The summed E-state index contributed by atoms with van der Waals surface area (Å²) >= 11 is 0. The van der Waals surface area contributed by atoms with Gasteiger partial charge in [-0.05, 0) is 19.8 Å². The van der Waals surface area contributed by atoms with Crippen molar-refractivity contribution in [3.05, 3.63) is 0 Å². The number of carbonyl (C=O) groups is 1. The second-order valence-electron chi connectivity index (χ2n) is 3.73. The van der Waals surface area contributed by atoms with Crippen LogP contribution in [0.4, 0.5) is 0 Å². The molecule has 0 aromatic rings. The van der Waals surface area contributed by atoms with Crippen molar-refractivity contribution in [3.63, 3.8) is 0 Å². The minimum Gasteiger partial charge on any atom is -0.457 e. The number of esters is 1. The van der Waals surface area contributed by atoms with E-state index in [9.17, 15) is 4.79 Å². The average Bonchev–Trinajstić information content (AvgIpc) is 2.26. The van der Waals surface area contributed by atoms with Crippen molar-refractivity contribution in [3.8, 4) is 0 Å². The van der Waals surface area contributed by atoms with Gasteiger partial charge in [0.25, 0.3) is 0 Å². The summed E-state index contributed by atoms with van der Waals surface area (Å²) in [5.74, 6) is -0.253. The summed E-state index contributed by atoms with van der Waals surface area (Å²) in [5.41, 5.74) is -0.474. The first-order valence-electron chi connectivity index (χ1n) is 5.95. The maximum Gasteiger partial charge on any atom is 0.303 e. The maximum absolute atomic E-state index is 11.0. The first-order chi connectivity index (χ1) is 7.60. The molecule has 0 rings (SSSR count). The van der Waals surface area contributed by atoms with Crippen LogP contribution in [0.1, 0.15) is 40.5 Å². The van der Waals surface area contributed by atoms with Gasteiger partial charge in [0.05, 0.1) is 19.8 Å². The molecule has 0 bridgehead atoms. The zero-order valence-electron chi connectivity index (χ0n) is 10.9. The Morgan fingerprint density at radius 2 is 1.62 bits per heavy atom. The Kier molecular flexibility index (Phi) is 8.21. The lowest BCUT2D eigenvalue weighted by molar-refractivity contribution is -0.166. The van der Waals surface area contributed by atoms with Crippen LogP contribution in [0.15, 0.2) is 0 Å². The van der Waals surface area contributed by atoms with Crippen molar-refractivity contribution in [2.45, 2.75) is 46.1 Å².